The Kier molecular flexibility index (Phi) is 3.81. The molecule has 0 saturated heterocycles. The van der Waals surface area contributed by atoms with Crippen LogP contribution in [0.1, 0.15) is 30.9 Å². The fourth-order valence-electron chi connectivity index (χ4n) is 1.57. The van der Waals surface area contributed by atoms with Gasteiger partial charge in [0.1, 0.15) is 5.82 Å². The highest BCUT2D eigenvalue weighted by molar-refractivity contribution is 5.34. The summed E-state index contributed by atoms with van der Waals surface area (Å²) in [6.07, 6.45) is 0. The third-order valence-corrected chi connectivity index (χ3v) is 2.53. The van der Waals surface area contributed by atoms with Gasteiger partial charge in [-0.1, -0.05) is 19.9 Å². The van der Waals surface area contributed by atoms with Gasteiger partial charge in [-0.25, -0.2) is 4.39 Å². The molecule has 1 aromatic rings. The van der Waals surface area contributed by atoms with Crippen LogP contribution in [-0.2, 0) is 0 Å². The van der Waals surface area contributed by atoms with E-state index in [1.54, 1.807) is 12.1 Å². The van der Waals surface area contributed by atoms with Crippen LogP contribution in [0.25, 0.3) is 0 Å². The predicted molar refractivity (Wildman–Crippen MR) is 55.8 cm³/mol. The molecule has 0 heterocycles. The average Bonchev–Trinajstić information content (AvgIpc) is 2.20. The van der Waals surface area contributed by atoms with Crippen molar-refractivity contribution in [3.63, 3.8) is 0 Å². The predicted octanol–water partition coefficient (Wildman–Crippen LogP) is 2.43. The molecule has 2 nitrogen and oxygen atoms in total. The van der Waals surface area contributed by atoms with Crippen molar-refractivity contribution in [2.24, 2.45) is 5.92 Å². The van der Waals surface area contributed by atoms with Gasteiger partial charge < -0.3 is 5.11 Å². The van der Waals surface area contributed by atoms with E-state index >= 15 is 0 Å². The van der Waals surface area contributed by atoms with Crippen molar-refractivity contribution >= 4 is 0 Å². The minimum absolute atomic E-state index is 0.0829. The lowest BCUT2D eigenvalue weighted by Gasteiger charge is -2.19. The molecule has 0 saturated carbocycles. The summed E-state index contributed by atoms with van der Waals surface area (Å²) in [5.74, 6) is -0.461. The molecule has 1 aromatic carbocycles. The molecule has 1 unspecified atom stereocenters. The van der Waals surface area contributed by atoms with Crippen molar-refractivity contribution in [3.05, 3.63) is 35.1 Å². The molecule has 1 N–H and O–H groups in total. The second-order valence-corrected chi connectivity index (χ2v) is 3.88. The fraction of sp³-hybridized carbons (Fsp3) is 0.417. The van der Waals surface area contributed by atoms with Gasteiger partial charge in [-0.3, -0.25) is 0 Å². The maximum Gasteiger partial charge on any atom is 0.128 e. The third kappa shape index (κ3) is 2.54. The van der Waals surface area contributed by atoms with E-state index < -0.39 is 5.82 Å². The number of hydrogen-bond donors (Lipinski definition) is 1. The molecule has 1 atom stereocenters. The van der Waals surface area contributed by atoms with E-state index in [4.69, 9.17) is 10.4 Å². The SMILES string of the molecule is CC(C)C(CO)c1ccc(C#N)cc1F. The highest BCUT2D eigenvalue weighted by Crippen LogP contribution is 2.26. The van der Waals surface area contributed by atoms with Gasteiger partial charge in [0, 0.05) is 5.92 Å². The standard InChI is InChI=1S/C12H14FNO/c1-8(2)11(7-15)10-4-3-9(6-14)5-12(10)13/h3-5,8,11,15H,7H2,1-2H3. The van der Waals surface area contributed by atoms with Crippen molar-refractivity contribution in [2.75, 3.05) is 6.61 Å². The van der Waals surface area contributed by atoms with Crippen LogP contribution in [0.3, 0.4) is 0 Å². The van der Waals surface area contributed by atoms with Crippen molar-refractivity contribution in [1.82, 2.24) is 0 Å². The summed E-state index contributed by atoms with van der Waals surface area (Å²) >= 11 is 0. The second kappa shape index (κ2) is 4.90. The Bertz CT molecular complexity index is 382. The molecule has 0 fully saturated rings. The molecule has 0 aliphatic heterocycles. The maximum absolute atomic E-state index is 13.6. The number of benzene rings is 1. The van der Waals surface area contributed by atoms with E-state index in [1.807, 2.05) is 19.9 Å². The number of hydrogen-bond acceptors (Lipinski definition) is 2. The van der Waals surface area contributed by atoms with Crippen molar-refractivity contribution in [3.8, 4) is 6.07 Å². The van der Waals surface area contributed by atoms with Crippen LogP contribution in [0.5, 0.6) is 0 Å². The Morgan fingerprint density at radius 1 is 1.47 bits per heavy atom. The van der Waals surface area contributed by atoms with Gasteiger partial charge in [0.15, 0.2) is 0 Å². The minimum atomic E-state index is -0.415. The molecule has 80 valence electrons. The van der Waals surface area contributed by atoms with Gasteiger partial charge in [0.05, 0.1) is 18.2 Å². The Morgan fingerprint density at radius 2 is 2.13 bits per heavy atom. The number of halogens is 1. The molecule has 3 heteroatoms. The third-order valence-electron chi connectivity index (χ3n) is 2.53. The molecule has 0 bridgehead atoms. The molecule has 15 heavy (non-hydrogen) atoms. The number of nitriles is 1. The summed E-state index contributed by atoms with van der Waals surface area (Å²) in [6, 6.07) is 6.24. The molecular weight excluding hydrogens is 193 g/mol. The van der Waals surface area contributed by atoms with Crippen LogP contribution >= 0.6 is 0 Å². The highest BCUT2D eigenvalue weighted by atomic mass is 19.1. The van der Waals surface area contributed by atoms with Gasteiger partial charge in [0.25, 0.3) is 0 Å². The second-order valence-electron chi connectivity index (χ2n) is 3.88. The first kappa shape index (κ1) is 11.7. The van der Waals surface area contributed by atoms with E-state index in [9.17, 15) is 4.39 Å². The molecule has 0 aromatic heterocycles. The van der Waals surface area contributed by atoms with E-state index in [2.05, 4.69) is 0 Å². The summed E-state index contributed by atoms with van der Waals surface area (Å²) in [7, 11) is 0. The Labute approximate surface area is 89.0 Å². The maximum atomic E-state index is 13.6. The van der Waals surface area contributed by atoms with Crippen molar-refractivity contribution < 1.29 is 9.50 Å². The molecule has 1 rings (SSSR count). The summed E-state index contributed by atoms with van der Waals surface area (Å²) in [5, 5.41) is 17.8. The summed E-state index contributed by atoms with van der Waals surface area (Å²) < 4.78 is 13.6. The zero-order valence-electron chi connectivity index (χ0n) is 8.87. The van der Waals surface area contributed by atoms with Crippen LogP contribution in [0.15, 0.2) is 18.2 Å². The zero-order valence-corrected chi connectivity index (χ0v) is 8.87. The van der Waals surface area contributed by atoms with Gasteiger partial charge in [-0.05, 0) is 23.6 Å². The van der Waals surface area contributed by atoms with Crippen molar-refractivity contribution in [1.29, 1.82) is 5.26 Å². The smallest absolute Gasteiger partial charge is 0.128 e. The highest BCUT2D eigenvalue weighted by Gasteiger charge is 2.18. The van der Waals surface area contributed by atoms with Gasteiger partial charge in [-0.15, -0.1) is 0 Å². The van der Waals surface area contributed by atoms with Crippen LogP contribution in [0.2, 0.25) is 0 Å². The van der Waals surface area contributed by atoms with Crippen LogP contribution in [0.4, 0.5) is 4.39 Å². The lowest BCUT2D eigenvalue weighted by Crippen LogP contribution is -2.13. The van der Waals surface area contributed by atoms with E-state index in [0.717, 1.165) is 0 Å². The van der Waals surface area contributed by atoms with E-state index in [0.29, 0.717) is 11.1 Å². The molecular formula is C12H14FNO. The van der Waals surface area contributed by atoms with Gasteiger partial charge >= 0.3 is 0 Å². The molecule has 0 aliphatic carbocycles. The number of aliphatic hydroxyl groups excluding tert-OH is 1. The van der Waals surface area contributed by atoms with Crippen LogP contribution in [0, 0.1) is 23.1 Å². The molecule has 0 aliphatic rings. The first-order valence-corrected chi connectivity index (χ1v) is 4.90. The number of aliphatic hydroxyl groups is 1. The topological polar surface area (TPSA) is 44.0 Å². The van der Waals surface area contributed by atoms with Crippen LogP contribution < -0.4 is 0 Å². The van der Waals surface area contributed by atoms with Crippen molar-refractivity contribution in [2.45, 2.75) is 19.8 Å². The minimum Gasteiger partial charge on any atom is -0.396 e. The van der Waals surface area contributed by atoms with Crippen LogP contribution in [-0.4, -0.2) is 11.7 Å². The Morgan fingerprint density at radius 3 is 2.53 bits per heavy atom. The zero-order chi connectivity index (χ0) is 11.4. The van der Waals surface area contributed by atoms with Gasteiger partial charge in [0.2, 0.25) is 0 Å². The monoisotopic (exact) mass is 207 g/mol. The van der Waals surface area contributed by atoms with E-state index in [1.165, 1.54) is 6.07 Å². The fourth-order valence-corrected chi connectivity index (χ4v) is 1.57. The number of rotatable bonds is 3. The Balaban J connectivity index is 3.10. The molecule has 0 amide bonds. The molecule has 0 radical (unpaired) electrons. The average molecular weight is 207 g/mol. The normalized spacial score (nSPS) is 12.5. The lowest BCUT2D eigenvalue weighted by molar-refractivity contribution is 0.234. The quantitative estimate of drug-likeness (QED) is 0.827. The lowest BCUT2D eigenvalue weighted by atomic mass is 9.88. The first-order valence-electron chi connectivity index (χ1n) is 4.90. The summed E-state index contributed by atoms with van der Waals surface area (Å²) in [5.41, 5.74) is 0.781. The number of nitrogens with zero attached hydrogens (tertiary/aromatic N) is 1. The summed E-state index contributed by atoms with van der Waals surface area (Å²) in [4.78, 5) is 0. The van der Waals surface area contributed by atoms with Gasteiger partial charge in [-0.2, -0.15) is 5.26 Å². The Hall–Kier alpha value is -1.40. The summed E-state index contributed by atoms with van der Waals surface area (Å²) in [6.45, 7) is 3.78. The largest absolute Gasteiger partial charge is 0.396 e. The molecule has 0 spiro atoms. The first-order chi connectivity index (χ1) is 7.10. The van der Waals surface area contributed by atoms with E-state index in [-0.39, 0.29) is 18.4 Å².